The highest BCUT2D eigenvalue weighted by Crippen LogP contribution is 2.63. The summed E-state index contributed by atoms with van der Waals surface area (Å²) in [7, 11) is 0. The van der Waals surface area contributed by atoms with Crippen LogP contribution in [-0.2, 0) is 28.7 Å². The lowest BCUT2D eigenvalue weighted by Crippen LogP contribution is -2.53. The van der Waals surface area contributed by atoms with E-state index in [1.54, 1.807) is 0 Å². The minimum atomic E-state index is -0.509. The zero-order valence-electron chi connectivity index (χ0n) is 18.7. The molecule has 0 saturated heterocycles. The normalized spacial score (nSPS) is 36.2. The van der Waals surface area contributed by atoms with Crippen molar-refractivity contribution in [3.63, 3.8) is 0 Å². The van der Waals surface area contributed by atoms with Gasteiger partial charge in [0.25, 0.3) is 0 Å². The summed E-state index contributed by atoms with van der Waals surface area (Å²) in [6.07, 6.45) is 9.37. The van der Waals surface area contributed by atoms with Crippen LogP contribution in [0.5, 0.6) is 0 Å². The molecule has 0 aliphatic heterocycles. The lowest BCUT2D eigenvalue weighted by atomic mass is 9.47. The predicted octanol–water partition coefficient (Wildman–Crippen LogP) is 3.85. The first kappa shape index (κ1) is 21.7. The number of fused-ring (bicyclic) bond motifs is 5. The fraction of sp³-hybridized carbons (Fsp3) is 0.600. The zero-order valence-corrected chi connectivity index (χ0v) is 18.7. The van der Waals surface area contributed by atoms with E-state index >= 15 is 0 Å². The van der Waals surface area contributed by atoms with Crippen LogP contribution in [0.1, 0.15) is 59.8 Å². The lowest BCUT2D eigenvalue weighted by Gasteiger charge is -2.55. The summed E-state index contributed by atoms with van der Waals surface area (Å²) in [5, 5.41) is 0. The Kier molecular flexibility index (Phi) is 5.31. The van der Waals surface area contributed by atoms with Gasteiger partial charge in [-0.1, -0.05) is 26.0 Å². The summed E-state index contributed by atoms with van der Waals surface area (Å²) in [5.74, 6) is 0.145. The summed E-state index contributed by atoms with van der Waals surface area (Å²) in [6.45, 7) is 6.60. The molecule has 1 fully saturated rings. The molecule has 6 heteroatoms. The molecule has 4 rings (SSSR count). The third kappa shape index (κ3) is 3.50. The molecule has 5 atom stereocenters. The van der Waals surface area contributed by atoms with Crippen LogP contribution in [0.2, 0.25) is 0 Å². The average molecular weight is 427 g/mol. The Labute approximate surface area is 182 Å². The molecule has 4 aliphatic carbocycles. The van der Waals surface area contributed by atoms with E-state index < -0.39 is 11.4 Å². The van der Waals surface area contributed by atoms with E-state index in [1.807, 2.05) is 19.1 Å². The standard InChI is InChI=1S/C25H30O6/c1-14(26)30-13-22(29)20-8-7-19-18-6-5-16-11-17(31-15(2)27)9-10-24(16,3)23(18)21(28)12-25(19,20)4/h5,8,11,18-19,23H,6-7,9-10,12-13H2,1-4H3/t18-,19-,23+,24-,25-/m0/s1. The van der Waals surface area contributed by atoms with Gasteiger partial charge in [0.05, 0.1) is 0 Å². The highest BCUT2D eigenvalue weighted by Gasteiger charge is 2.60. The van der Waals surface area contributed by atoms with Gasteiger partial charge in [0.1, 0.15) is 11.5 Å². The fourth-order valence-corrected chi connectivity index (χ4v) is 6.65. The second kappa shape index (κ2) is 7.57. The molecular weight excluding hydrogens is 396 g/mol. The van der Waals surface area contributed by atoms with Crippen LogP contribution in [0.25, 0.3) is 0 Å². The lowest BCUT2D eigenvalue weighted by molar-refractivity contribution is -0.146. The second-order valence-corrected chi connectivity index (χ2v) is 9.88. The van der Waals surface area contributed by atoms with E-state index in [0.29, 0.717) is 24.2 Å². The molecule has 166 valence electrons. The van der Waals surface area contributed by atoms with Crippen molar-refractivity contribution in [3.8, 4) is 0 Å². The molecule has 31 heavy (non-hydrogen) atoms. The van der Waals surface area contributed by atoms with Gasteiger partial charge in [-0.15, -0.1) is 0 Å². The fourth-order valence-electron chi connectivity index (χ4n) is 6.65. The van der Waals surface area contributed by atoms with E-state index in [0.717, 1.165) is 24.8 Å². The van der Waals surface area contributed by atoms with Gasteiger partial charge in [-0.2, -0.15) is 0 Å². The topological polar surface area (TPSA) is 86.7 Å². The van der Waals surface area contributed by atoms with Crippen LogP contribution in [0, 0.1) is 28.6 Å². The first-order valence-corrected chi connectivity index (χ1v) is 11.1. The summed E-state index contributed by atoms with van der Waals surface area (Å²) in [5.41, 5.74) is 0.941. The van der Waals surface area contributed by atoms with Crippen molar-refractivity contribution in [2.45, 2.75) is 59.8 Å². The third-order valence-electron chi connectivity index (χ3n) is 7.99. The van der Waals surface area contributed by atoms with E-state index in [1.165, 1.54) is 13.8 Å². The molecule has 0 aromatic rings. The Morgan fingerprint density at radius 2 is 1.81 bits per heavy atom. The predicted molar refractivity (Wildman–Crippen MR) is 112 cm³/mol. The van der Waals surface area contributed by atoms with E-state index in [9.17, 15) is 19.2 Å². The molecule has 4 aliphatic rings. The van der Waals surface area contributed by atoms with Gasteiger partial charge >= 0.3 is 11.9 Å². The van der Waals surface area contributed by atoms with Gasteiger partial charge in [-0.25, -0.2) is 0 Å². The number of ether oxygens (including phenoxy) is 2. The molecule has 6 nitrogen and oxygen atoms in total. The van der Waals surface area contributed by atoms with E-state index in [4.69, 9.17) is 9.47 Å². The van der Waals surface area contributed by atoms with Gasteiger partial charge in [-0.3, -0.25) is 19.2 Å². The monoisotopic (exact) mass is 426 g/mol. The summed E-state index contributed by atoms with van der Waals surface area (Å²) in [6, 6.07) is 0. The number of rotatable bonds is 4. The van der Waals surface area contributed by atoms with E-state index in [-0.39, 0.29) is 47.3 Å². The van der Waals surface area contributed by atoms with Crippen LogP contribution < -0.4 is 0 Å². The molecule has 0 aromatic carbocycles. The molecule has 1 saturated carbocycles. The number of carbonyl (C=O) groups excluding carboxylic acids is 4. The zero-order chi connectivity index (χ0) is 22.6. The Hall–Kier alpha value is -2.50. The first-order chi connectivity index (χ1) is 14.6. The van der Waals surface area contributed by atoms with Crippen LogP contribution in [0.3, 0.4) is 0 Å². The molecule has 0 amide bonds. The number of esters is 2. The van der Waals surface area contributed by atoms with Crippen molar-refractivity contribution >= 4 is 23.5 Å². The van der Waals surface area contributed by atoms with Crippen molar-refractivity contribution in [3.05, 3.63) is 35.1 Å². The Morgan fingerprint density at radius 3 is 2.48 bits per heavy atom. The van der Waals surface area contributed by atoms with Crippen molar-refractivity contribution in [2.24, 2.45) is 28.6 Å². The highest BCUT2D eigenvalue weighted by atomic mass is 16.5. The third-order valence-corrected chi connectivity index (χ3v) is 7.99. The minimum absolute atomic E-state index is 0.1000. The average Bonchev–Trinajstić information content (AvgIpc) is 3.02. The molecule has 0 heterocycles. The molecule has 0 radical (unpaired) electrons. The maximum atomic E-state index is 13.6. The molecule has 0 aromatic heterocycles. The molecule has 0 spiro atoms. The number of carbonyl (C=O) groups is 4. The van der Waals surface area contributed by atoms with Crippen LogP contribution in [0.4, 0.5) is 0 Å². The largest absolute Gasteiger partial charge is 0.457 e. The SMILES string of the molecule is CC(=O)OCC(=O)C1=CC[C@H]2[C@@H]3CC=C4C=C(OC(C)=O)CC[C@]4(C)[C@H]3C(=O)C[C@]12C. The molecule has 0 unspecified atom stereocenters. The molecule has 0 N–H and O–H groups in total. The van der Waals surface area contributed by atoms with Crippen molar-refractivity contribution < 1.29 is 28.7 Å². The van der Waals surface area contributed by atoms with Gasteiger partial charge in [0.2, 0.25) is 0 Å². The number of Topliss-reactive ketones (excluding diaryl/α,β-unsaturated/α-hetero) is 2. The number of ketones is 2. The van der Waals surface area contributed by atoms with Gasteiger partial charge in [0.15, 0.2) is 12.4 Å². The summed E-state index contributed by atoms with van der Waals surface area (Å²) >= 11 is 0. The Balaban J connectivity index is 1.62. The van der Waals surface area contributed by atoms with E-state index in [2.05, 4.69) is 13.0 Å². The van der Waals surface area contributed by atoms with Crippen LogP contribution in [0.15, 0.2) is 35.1 Å². The maximum Gasteiger partial charge on any atom is 0.307 e. The second-order valence-electron chi connectivity index (χ2n) is 9.88. The van der Waals surface area contributed by atoms with Crippen molar-refractivity contribution in [1.82, 2.24) is 0 Å². The Morgan fingerprint density at radius 1 is 1.06 bits per heavy atom. The number of hydrogen-bond donors (Lipinski definition) is 0. The number of allylic oxidation sites excluding steroid dienone is 5. The smallest absolute Gasteiger partial charge is 0.307 e. The Bertz CT molecular complexity index is 953. The first-order valence-electron chi connectivity index (χ1n) is 11.1. The highest BCUT2D eigenvalue weighted by molar-refractivity contribution is 6.00. The van der Waals surface area contributed by atoms with Crippen LogP contribution in [-0.4, -0.2) is 30.1 Å². The van der Waals surface area contributed by atoms with Gasteiger partial charge < -0.3 is 9.47 Å². The van der Waals surface area contributed by atoms with Gasteiger partial charge in [0, 0.05) is 49.0 Å². The van der Waals surface area contributed by atoms with Crippen LogP contribution >= 0.6 is 0 Å². The summed E-state index contributed by atoms with van der Waals surface area (Å²) < 4.78 is 10.3. The minimum Gasteiger partial charge on any atom is -0.457 e. The number of hydrogen-bond acceptors (Lipinski definition) is 6. The molecular formula is C25H30O6. The summed E-state index contributed by atoms with van der Waals surface area (Å²) in [4.78, 5) is 48.8. The van der Waals surface area contributed by atoms with Crippen molar-refractivity contribution in [2.75, 3.05) is 6.61 Å². The quantitative estimate of drug-likeness (QED) is 0.635. The van der Waals surface area contributed by atoms with Gasteiger partial charge in [-0.05, 0) is 42.7 Å². The molecule has 0 bridgehead atoms. The maximum absolute atomic E-state index is 13.6. The van der Waals surface area contributed by atoms with Crippen molar-refractivity contribution in [1.29, 1.82) is 0 Å².